The first kappa shape index (κ1) is 17.0. The van der Waals surface area contributed by atoms with Crippen molar-refractivity contribution in [2.45, 2.75) is 45.2 Å². The minimum Gasteiger partial charge on any atom is -0.377 e. The van der Waals surface area contributed by atoms with Gasteiger partial charge in [-0.2, -0.15) is 0 Å². The van der Waals surface area contributed by atoms with E-state index >= 15 is 0 Å². The third-order valence-electron chi connectivity index (χ3n) is 3.73. The van der Waals surface area contributed by atoms with Crippen LogP contribution >= 0.6 is 11.3 Å². The number of aryl methyl sites for hydroxylation is 1. The number of aromatic nitrogens is 1. The second kappa shape index (κ2) is 8.29. The summed E-state index contributed by atoms with van der Waals surface area (Å²) in [6.45, 7) is 9.44. The number of allylic oxidation sites excluding steroid dienone is 1. The van der Waals surface area contributed by atoms with Crippen molar-refractivity contribution in [3.05, 3.63) is 28.7 Å². The third-order valence-corrected chi connectivity index (χ3v) is 4.79. The average Bonchev–Trinajstić information content (AvgIpc) is 2.94. The second-order valence-corrected chi connectivity index (χ2v) is 6.57. The summed E-state index contributed by atoms with van der Waals surface area (Å²) < 4.78 is 5.54. The topological polar surface area (TPSA) is 54.5 Å². The monoisotopic (exact) mass is 323 g/mol. The summed E-state index contributed by atoms with van der Waals surface area (Å²) >= 11 is 1.59. The lowest BCUT2D eigenvalue weighted by Crippen LogP contribution is -2.50. The van der Waals surface area contributed by atoms with Crippen LogP contribution in [0.4, 0.5) is 4.79 Å². The SMILES string of the molecule is C=CCCCC(C)NC(=O)N1CCOCC1c1nc(C)cs1. The number of ether oxygens (including phenoxy) is 1. The lowest BCUT2D eigenvalue weighted by molar-refractivity contribution is 0.0110. The van der Waals surface area contributed by atoms with Gasteiger partial charge >= 0.3 is 6.03 Å². The molecule has 2 unspecified atom stereocenters. The van der Waals surface area contributed by atoms with Crippen LogP contribution in [-0.2, 0) is 4.74 Å². The van der Waals surface area contributed by atoms with E-state index in [4.69, 9.17) is 4.74 Å². The molecule has 5 nitrogen and oxygen atoms in total. The van der Waals surface area contributed by atoms with E-state index in [0.29, 0.717) is 19.8 Å². The lowest BCUT2D eigenvalue weighted by atomic mass is 10.1. The quantitative estimate of drug-likeness (QED) is 0.646. The number of amides is 2. The summed E-state index contributed by atoms with van der Waals surface area (Å²) in [5.74, 6) is 0. The number of carbonyl (C=O) groups is 1. The normalized spacial score (nSPS) is 19.7. The van der Waals surface area contributed by atoms with Crippen LogP contribution in [0.25, 0.3) is 0 Å². The zero-order chi connectivity index (χ0) is 15.9. The number of carbonyl (C=O) groups excluding carboxylic acids is 1. The molecule has 6 heteroatoms. The van der Waals surface area contributed by atoms with Crippen LogP contribution in [-0.4, -0.2) is 41.7 Å². The van der Waals surface area contributed by atoms with E-state index in [1.54, 1.807) is 11.3 Å². The molecule has 1 saturated heterocycles. The smallest absolute Gasteiger partial charge is 0.318 e. The van der Waals surface area contributed by atoms with Crippen molar-refractivity contribution in [3.63, 3.8) is 0 Å². The summed E-state index contributed by atoms with van der Waals surface area (Å²) in [5.41, 5.74) is 0.990. The molecule has 1 fully saturated rings. The fraction of sp³-hybridized carbons (Fsp3) is 0.625. The number of rotatable bonds is 6. The van der Waals surface area contributed by atoms with Crippen LogP contribution in [0.5, 0.6) is 0 Å². The van der Waals surface area contributed by atoms with Gasteiger partial charge in [-0.3, -0.25) is 0 Å². The van der Waals surface area contributed by atoms with Gasteiger partial charge in [0.25, 0.3) is 0 Å². The molecule has 22 heavy (non-hydrogen) atoms. The van der Waals surface area contributed by atoms with Crippen LogP contribution < -0.4 is 5.32 Å². The van der Waals surface area contributed by atoms with E-state index in [9.17, 15) is 4.79 Å². The molecular weight excluding hydrogens is 298 g/mol. The third kappa shape index (κ3) is 4.55. The number of nitrogens with one attached hydrogen (secondary N) is 1. The molecule has 1 aromatic rings. The Morgan fingerprint density at radius 2 is 2.55 bits per heavy atom. The molecule has 2 rings (SSSR count). The average molecular weight is 323 g/mol. The van der Waals surface area contributed by atoms with Gasteiger partial charge in [-0.05, 0) is 33.1 Å². The maximum Gasteiger partial charge on any atom is 0.318 e. The Labute approximate surface area is 136 Å². The van der Waals surface area contributed by atoms with E-state index in [1.165, 1.54) is 0 Å². The van der Waals surface area contributed by atoms with Crippen molar-refractivity contribution in [3.8, 4) is 0 Å². The number of thiazole rings is 1. The highest BCUT2D eigenvalue weighted by Gasteiger charge is 2.31. The van der Waals surface area contributed by atoms with Crippen molar-refractivity contribution in [1.82, 2.24) is 15.2 Å². The summed E-state index contributed by atoms with van der Waals surface area (Å²) in [7, 11) is 0. The molecule has 0 bridgehead atoms. The van der Waals surface area contributed by atoms with Crippen LogP contribution in [0.15, 0.2) is 18.0 Å². The molecule has 122 valence electrons. The zero-order valence-corrected chi connectivity index (χ0v) is 14.2. The molecule has 2 heterocycles. The van der Waals surface area contributed by atoms with Crippen molar-refractivity contribution in [1.29, 1.82) is 0 Å². The number of unbranched alkanes of at least 4 members (excludes halogenated alkanes) is 1. The van der Waals surface area contributed by atoms with Gasteiger partial charge in [0.2, 0.25) is 0 Å². The molecular formula is C16H25N3O2S. The predicted molar refractivity (Wildman–Crippen MR) is 89.2 cm³/mol. The lowest BCUT2D eigenvalue weighted by Gasteiger charge is -2.35. The highest BCUT2D eigenvalue weighted by atomic mass is 32.1. The van der Waals surface area contributed by atoms with Crippen molar-refractivity contribution in [2.24, 2.45) is 0 Å². The number of morpholine rings is 1. The van der Waals surface area contributed by atoms with Crippen molar-refractivity contribution >= 4 is 17.4 Å². The summed E-state index contributed by atoms with van der Waals surface area (Å²) in [4.78, 5) is 18.9. The number of urea groups is 1. The first-order valence-electron chi connectivity index (χ1n) is 7.79. The van der Waals surface area contributed by atoms with Crippen LogP contribution in [0.1, 0.15) is 42.9 Å². The predicted octanol–water partition coefficient (Wildman–Crippen LogP) is 3.28. The Bertz CT molecular complexity index is 503. The Hall–Kier alpha value is -1.40. The summed E-state index contributed by atoms with van der Waals surface area (Å²) in [5, 5.41) is 6.05. The van der Waals surface area contributed by atoms with Crippen LogP contribution in [0, 0.1) is 6.92 Å². The molecule has 0 aliphatic carbocycles. The Balaban J connectivity index is 1.95. The fourth-order valence-electron chi connectivity index (χ4n) is 2.51. The van der Waals surface area contributed by atoms with Gasteiger partial charge in [-0.15, -0.1) is 17.9 Å². The van der Waals surface area contributed by atoms with Gasteiger partial charge < -0.3 is 15.0 Å². The van der Waals surface area contributed by atoms with Crippen LogP contribution in [0.2, 0.25) is 0 Å². The maximum absolute atomic E-state index is 12.5. The van der Waals surface area contributed by atoms with Gasteiger partial charge in [-0.25, -0.2) is 9.78 Å². The maximum atomic E-state index is 12.5. The minimum atomic E-state index is -0.0761. The second-order valence-electron chi connectivity index (χ2n) is 5.68. The summed E-state index contributed by atoms with van der Waals surface area (Å²) in [6, 6.07) is 0.0639. The largest absolute Gasteiger partial charge is 0.377 e. The zero-order valence-electron chi connectivity index (χ0n) is 13.4. The first-order valence-corrected chi connectivity index (χ1v) is 8.67. The van der Waals surface area contributed by atoms with E-state index in [2.05, 4.69) is 16.9 Å². The molecule has 1 aliphatic rings. The number of hydrogen-bond acceptors (Lipinski definition) is 4. The first-order chi connectivity index (χ1) is 10.6. The Morgan fingerprint density at radius 3 is 3.23 bits per heavy atom. The highest BCUT2D eigenvalue weighted by Crippen LogP contribution is 2.27. The molecule has 1 aromatic heterocycles. The van der Waals surface area contributed by atoms with E-state index < -0.39 is 0 Å². The number of hydrogen-bond donors (Lipinski definition) is 1. The molecule has 2 atom stereocenters. The van der Waals surface area contributed by atoms with Gasteiger partial charge in [0.1, 0.15) is 11.0 Å². The minimum absolute atomic E-state index is 0.0211. The molecule has 2 amide bonds. The van der Waals surface area contributed by atoms with E-state index in [1.807, 2.05) is 30.2 Å². The summed E-state index contributed by atoms with van der Waals surface area (Å²) in [6.07, 6.45) is 4.91. The Kier molecular flexibility index (Phi) is 6.39. The Morgan fingerprint density at radius 1 is 1.73 bits per heavy atom. The molecule has 0 aromatic carbocycles. The fourth-order valence-corrected chi connectivity index (χ4v) is 3.40. The van der Waals surface area contributed by atoms with Gasteiger partial charge in [0.05, 0.1) is 13.2 Å². The molecule has 0 spiro atoms. The van der Waals surface area contributed by atoms with E-state index in [-0.39, 0.29) is 18.1 Å². The van der Waals surface area contributed by atoms with E-state index in [0.717, 1.165) is 30.0 Å². The standard InChI is InChI=1S/C16H25N3O2S/c1-4-5-6-7-12(2)18-16(20)19-8-9-21-10-14(19)15-17-13(3)11-22-15/h4,11-12,14H,1,5-10H2,2-3H3,(H,18,20). The van der Waals surface area contributed by atoms with Gasteiger partial charge in [0, 0.05) is 23.7 Å². The van der Waals surface area contributed by atoms with Crippen molar-refractivity contribution < 1.29 is 9.53 Å². The van der Waals surface area contributed by atoms with Gasteiger partial charge in [0.15, 0.2) is 0 Å². The molecule has 1 aliphatic heterocycles. The van der Waals surface area contributed by atoms with Gasteiger partial charge in [-0.1, -0.05) is 6.08 Å². The molecule has 0 saturated carbocycles. The van der Waals surface area contributed by atoms with Crippen LogP contribution in [0.3, 0.4) is 0 Å². The number of nitrogens with zero attached hydrogens (tertiary/aromatic N) is 2. The molecule has 1 N–H and O–H groups in total. The molecule has 0 radical (unpaired) electrons. The van der Waals surface area contributed by atoms with Crippen molar-refractivity contribution in [2.75, 3.05) is 19.8 Å². The highest BCUT2D eigenvalue weighted by molar-refractivity contribution is 7.09.